The maximum Gasteiger partial charge on any atom is 0.191 e. The van der Waals surface area contributed by atoms with E-state index in [1.807, 2.05) is 59.2 Å². The Morgan fingerprint density at radius 3 is 2.37 bits per heavy atom. The summed E-state index contributed by atoms with van der Waals surface area (Å²) in [6.45, 7) is 4.35. The molecule has 142 valence electrons. The minimum absolute atomic E-state index is 0.210. The minimum atomic E-state index is -0.604. The molecule has 2 aromatic carbocycles. The molecule has 3 rings (SSSR count). The third-order valence-corrected chi connectivity index (χ3v) is 4.85. The second kappa shape index (κ2) is 9.43. The van der Waals surface area contributed by atoms with Gasteiger partial charge in [0.15, 0.2) is 5.16 Å². The van der Waals surface area contributed by atoms with Gasteiger partial charge in [-0.15, -0.1) is 10.2 Å². The third-order valence-electron chi connectivity index (χ3n) is 3.75. The highest BCUT2D eigenvalue weighted by atomic mass is 32.2. The van der Waals surface area contributed by atoms with Crippen LogP contribution in [0.3, 0.4) is 0 Å². The van der Waals surface area contributed by atoms with Gasteiger partial charge in [-0.25, -0.2) is 0 Å². The van der Waals surface area contributed by atoms with Crippen molar-refractivity contribution in [2.24, 2.45) is 0 Å². The average Bonchev–Trinajstić information content (AvgIpc) is 3.16. The Kier molecular flexibility index (Phi) is 6.73. The van der Waals surface area contributed by atoms with E-state index < -0.39 is 6.10 Å². The number of nitrogens with zero attached hydrogens (tertiary/aromatic N) is 3. The fraction of sp³-hybridized carbons (Fsp3) is 0.300. The molecule has 1 heterocycles. The fourth-order valence-electron chi connectivity index (χ4n) is 2.33. The van der Waals surface area contributed by atoms with Crippen LogP contribution < -0.4 is 9.47 Å². The van der Waals surface area contributed by atoms with Crippen molar-refractivity contribution < 1.29 is 14.6 Å². The molecule has 1 aromatic heterocycles. The van der Waals surface area contributed by atoms with Crippen LogP contribution in [0.1, 0.15) is 19.9 Å². The highest BCUT2D eigenvalue weighted by Crippen LogP contribution is 2.24. The average molecular weight is 385 g/mol. The van der Waals surface area contributed by atoms with Gasteiger partial charge < -0.3 is 19.1 Å². The van der Waals surface area contributed by atoms with Crippen molar-refractivity contribution in [2.45, 2.75) is 31.1 Å². The van der Waals surface area contributed by atoms with Crippen LogP contribution in [-0.2, 0) is 0 Å². The first-order valence-corrected chi connectivity index (χ1v) is 9.76. The normalized spacial score (nSPS) is 12.1. The van der Waals surface area contributed by atoms with Gasteiger partial charge in [0.05, 0.1) is 6.10 Å². The van der Waals surface area contributed by atoms with Crippen LogP contribution in [-0.4, -0.2) is 38.3 Å². The first-order valence-electron chi connectivity index (χ1n) is 8.78. The largest absolute Gasteiger partial charge is 0.491 e. The van der Waals surface area contributed by atoms with Crippen LogP contribution in [0.25, 0.3) is 0 Å². The summed E-state index contributed by atoms with van der Waals surface area (Å²) in [5.74, 6) is 2.69. The minimum Gasteiger partial charge on any atom is -0.491 e. The quantitative estimate of drug-likeness (QED) is 0.557. The van der Waals surface area contributed by atoms with Crippen LogP contribution >= 0.6 is 11.8 Å². The molecule has 0 bridgehead atoms. The maximum absolute atomic E-state index is 10.2. The van der Waals surface area contributed by atoms with Crippen molar-refractivity contribution in [1.29, 1.82) is 0 Å². The van der Waals surface area contributed by atoms with E-state index in [0.29, 0.717) is 11.5 Å². The van der Waals surface area contributed by atoms with Crippen molar-refractivity contribution >= 4 is 11.8 Å². The summed E-state index contributed by atoms with van der Waals surface area (Å²) in [5, 5.41) is 19.0. The summed E-state index contributed by atoms with van der Waals surface area (Å²) in [4.78, 5) is 0. The number of para-hydroxylation sites is 1. The van der Waals surface area contributed by atoms with Crippen LogP contribution in [0.15, 0.2) is 66.1 Å². The molecule has 0 aliphatic rings. The van der Waals surface area contributed by atoms with Gasteiger partial charge in [-0.3, -0.25) is 0 Å². The van der Waals surface area contributed by atoms with E-state index in [-0.39, 0.29) is 12.6 Å². The molecule has 0 fully saturated rings. The lowest BCUT2D eigenvalue weighted by molar-refractivity contribution is 0.126. The van der Waals surface area contributed by atoms with E-state index in [1.54, 1.807) is 6.33 Å². The second-order valence-corrected chi connectivity index (χ2v) is 7.26. The number of hydrogen-bond donors (Lipinski definition) is 1. The lowest BCUT2D eigenvalue weighted by Gasteiger charge is -2.13. The van der Waals surface area contributed by atoms with E-state index in [4.69, 9.17) is 9.47 Å². The van der Waals surface area contributed by atoms with Crippen molar-refractivity contribution in [3.05, 3.63) is 60.9 Å². The number of aliphatic hydroxyl groups excluding tert-OH is 1. The number of aromatic nitrogens is 3. The fourth-order valence-corrected chi connectivity index (χ4v) is 3.28. The monoisotopic (exact) mass is 385 g/mol. The highest BCUT2D eigenvalue weighted by Gasteiger charge is 2.12. The topological polar surface area (TPSA) is 69.4 Å². The van der Waals surface area contributed by atoms with Crippen LogP contribution in [0.4, 0.5) is 0 Å². The lowest BCUT2D eigenvalue weighted by Crippen LogP contribution is -2.20. The Labute approximate surface area is 163 Å². The van der Waals surface area contributed by atoms with Crippen molar-refractivity contribution in [3.8, 4) is 17.2 Å². The van der Waals surface area contributed by atoms with Crippen LogP contribution in [0.2, 0.25) is 0 Å². The molecule has 1 unspecified atom stereocenters. The molecule has 1 N–H and O–H groups in total. The molecule has 1 atom stereocenters. The SMILES string of the molecule is CC(C)n1cnnc1SCC(O)COc1ccc(Oc2ccccc2)cc1. The summed E-state index contributed by atoms with van der Waals surface area (Å²) >= 11 is 1.47. The number of hydrogen-bond acceptors (Lipinski definition) is 6. The molecular weight excluding hydrogens is 362 g/mol. The molecule has 0 amide bonds. The predicted octanol–water partition coefficient (Wildman–Crippen LogP) is 4.18. The molecule has 0 aliphatic carbocycles. The summed E-state index contributed by atoms with van der Waals surface area (Å²) in [6, 6.07) is 17.2. The Morgan fingerprint density at radius 2 is 1.67 bits per heavy atom. The first-order chi connectivity index (χ1) is 13.1. The Bertz CT molecular complexity index is 822. The van der Waals surface area contributed by atoms with E-state index in [1.165, 1.54) is 11.8 Å². The Hall–Kier alpha value is -2.51. The summed E-state index contributed by atoms with van der Waals surface area (Å²) < 4.78 is 13.4. The van der Waals surface area contributed by atoms with Gasteiger partial charge in [0, 0.05) is 11.8 Å². The molecule has 0 radical (unpaired) electrons. The highest BCUT2D eigenvalue weighted by molar-refractivity contribution is 7.99. The maximum atomic E-state index is 10.2. The first kappa shape index (κ1) is 19.3. The molecule has 7 heteroatoms. The Balaban J connectivity index is 1.44. The molecule has 27 heavy (non-hydrogen) atoms. The molecule has 0 saturated carbocycles. The zero-order valence-electron chi connectivity index (χ0n) is 15.4. The smallest absolute Gasteiger partial charge is 0.191 e. The van der Waals surface area contributed by atoms with E-state index >= 15 is 0 Å². The van der Waals surface area contributed by atoms with Crippen LogP contribution in [0, 0.1) is 0 Å². The molecule has 0 saturated heterocycles. The number of aliphatic hydroxyl groups is 1. The van der Waals surface area contributed by atoms with E-state index in [2.05, 4.69) is 24.0 Å². The lowest BCUT2D eigenvalue weighted by atomic mass is 10.3. The van der Waals surface area contributed by atoms with Crippen molar-refractivity contribution in [2.75, 3.05) is 12.4 Å². The van der Waals surface area contributed by atoms with Gasteiger partial charge in [0.2, 0.25) is 0 Å². The summed E-state index contributed by atoms with van der Waals surface area (Å²) in [5.41, 5.74) is 0. The van der Waals surface area contributed by atoms with Gasteiger partial charge in [0.25, 0.3) is 0 Å². The number of rotatable bonds is 9. The Morgan fingerprint density at radius 1 is 1.00 bits per heavy atom. The van der Waals surface area contributed by atoms with Crippen molar-refractivity contribution in [1.82, 2.24) is 14.8 Å². The standard InChI is InChI=1S/C20H23N3O3S/c1-15(2)23-14-21-22-20(23)27-13-16(24)12-25-17-8-10-19(11-9-17)26-18-6-4-3-5-7-18/h3-11,14-16,24H,12-13H2,1-2H3. The zero-order chi connectivity index (χ0) is 19.1. The zero-order valence-corrected chi connectivity index (χ0v) is 16.2. The number of benzene rings is 2. The van der Waals surface area contributed by atoms with E-state index in [0.717, 1.165) is 16.7 Å². The summed E-state index contributed by atoms with van der Waals surface area (Å²) in [7, 11) is 0. The molecule has 3 aromatic rings. The van der Waals surface area contributed by atoms with Gasteiger partial charge >= 0.3 is 0 Å². The predicted molar refractivity (Wildman–Crippen MR) is 106 cm³/mol. The van der Waals surface area contributed by atoms with Crippen LogP contribution in [0.5, 0.6) is 17.2 Å². The number of ether oxygens (including phenoxy) is 2. The molecular formula is C20H23N3O3S. The second-order valence-electron chi connectivity index (χ2n) is 6.28. The number of thioether (sulfide) groups is 1. The van der Waals surface area contributed by atoms with Gasteiger partial charge in [0.1, 0.15) is 30.2 Å². The van der Waals surface area contributed by atoms with Gasteiger partial charge in [-0.2, -0.15) is 0 Å². The van der Waals surface area contributed by atoms with Gasteiger partial charge in [-0.1, -0.05) is 30.0 Å². The third kappa shape index (κ3) is 5.74. The van der Waals surface area contributed by atoms with E-state index in [9.17, 15) is 5.11 Å². The molecule has 6 nitrogen and oxygen atoms in total. The van der Waals surface area contributed by atoms with Gasteiger partial charge in [-0.05, 0) is 50.2 Å². The summed E-state index contributed by atoms with van der Waals surface area (Å²) in [6.07, 6.45) is 1.10. The molecule has 0 spiro atoms. The van der Waals surface area contributed by atoms with Crippen molar-refractivity contribution in [3.63, 3.8) is 0 Å². The molecule has 0 aliphatic heterocycles.